The molecule has 0 aliphatic heterocycles. The van der Waals surface area contributed by atoms with Gasteiger partial charge >= 0.3 is 0 Å². The minimum absolute atomic E-state index is 0.180. The maximum Gasteiger partial charge on any atom is 0.123 e. The number of thiazole rings is 1. The van der Waals surface area contributed by atoms with Gasteiger partial charge in [-0.15, -0.1) is 11.3 Å². The van der Waals surface area contributed by atoms with Crippen LogP contribution in [0, 0.1) is 19.7 Å². The summed E-state index contributed by atoms with van der Waals surface area (Å²) in [6.45, 7) is 7.07. The summed E-state index contributed by atoms with van der Waals surface area (Å²) in [5.74, 6) is -0.180. The van der Waals surface area contributed by atoms with E-state index in [1.165, 1.54) is 17.0 Å². The van der Waals surface area contributed by atoms with Crippen LogP contribution in [0.15, 0.2) is 24.3 Å². The Balaban J connectivity index is 1.86. The van der Waals surface area contributed by atoms with E-state index in [1.807, 2.05) is 26.0 Å². The van der Waals surface area contributed by atoms with Crippen molar-refractivity contribution in [2.45, 2.75) is 39.8 Å². The molecule has 1 heterocycles. The normalized spacial score (nSPS) is 12.6. The quantitative estimate of drug-likeness (QED) is 0.903. The summed E-state index contributed by atoms with van der Waals surface area (Å²) >= 11 is 1.74. The Hall–Kier alpha value is -1.26. The monoisotopic (exact) mass is 278 g/mol. The zero-order chi connectivity index (χ0) is 13.8. The van der Waals surface area contributed by atoms with Crippen LogP contribution < -0.4 is 5.32 Å². The summed E-state index contributed by atoms with van der Waals surface area (Å²) in [5, 5.41) is 4.60. The van der Waals surface area contributed by atoms with E-state index < -0.39 is 0 Å². The van der Waals surface area contributed by atoms with Crippen LogP contribution >= 0.6 is 11.3 Å². The van der Waals surface area contributed by atoms with E-state index in [2.05, 4.69) is 17.2 Å². The average molecular weight is 278 g/mol. The van der Waals surface area contributed by atoms with Crippen molar-refractivity contribution >= 4 is 11.3 Å². The molecule has 0 aliphatic rings. The van der Waals surface area contributed by atoms with E-state index in [4.69, 9.17) is 0 Å². The highest BCUT2D eigenvalue weighted by molar-refractivity contribution is 7.11. The highest BCUT2D eigenvalue weighted by Crippen LogP contribution is 2.17. The lowest BCUT2D eigenvalue weighted by Gasteiger charge is -2.13. The molecular formula is C15H19FN2S. The molecule has 0 bridgehead atoms. The van der Waals surface area contributed by atoms with E-state index in [0.29, 0.717) is 6.04 Å². The number of halogens is 1. The van der Waals surface area contributed by atoms with Gasteiger partial charge in [-0.3, -0.25) is 0 Å². The van der Waals surface area contributed by atoms with E-state index in [-0.39, 0.29) is 5.82 Å². The molecule has 1 aromatic heterocycles. The summed E-state index contributed by atoms with van der Waals surface area (Å²) in [4.78, 5) is 5.71. The van der Waals surface area contributed by atoms with Gasteiger partial charge in [0.25, 0.3) is 0 Å². The molecule has 0 saturated heterocycles. The lowest BCUT2D eigenvalue weighted by atomic mass is 10.1. The van der Waals surface area contributed by atoms with Gasteiger partial charge in [-0.25, -0.2) is 9.37 Å². The maximum atomic E-state index is 12.8. The molecule has 2 nitrogen and oxygen atoms in total. The first-order valence-corrected chi connectivity index (χ1v) is 7.27. The first-order valence-electron chi connectivity index (χ1n) is 6.45. The number of hydrogen-bond donors (Lipinski definition) is 1. The fraction of sp³-hybridized carbons (Fsp3) is 0.400. The van der Waals surface area contributed by atoms with Crippen LogP contribution in [0.5, 0.6) is 0 Å². The number of rotatable bonds is 5. The van der Waals surface area contributed by atoms with Crippen molar-refractivity contribution in [3.63, 3.8) is 0 Å². The summed E-state index contributed by atoms with van der Waals surface area (Å²) in [5.41, 5.74) is 2.27. The van der Waals surface area contributed by atoms with Crippen LogP contribution in [0.4, 0.5) is 4.39 Å². The molecule has 0 amide bonds. The molecule has 2 rings (SSSR count). The number of nitrogens with one attached hydrogen (secondary N) is 1. The van der Waals surface area contributed by atoms with E-state index in [9.17, 15) is 4.39 Å². The van der Waals surface area contributed by atoms with Crippen LogP contribution in [0.25, 0.3) is 0 Å². The molecule has 1 N–H and O–H groups in total. The van der Waals surface area contributed by atoms with Gasteiger partial charge in [-0.05, 0) is 44.9 Å². The van der Waals surface area contributed by atoms with Gasteiger partial charge in [0.05, 0.1) is 10.7 Å². The van der Waals surface area contributed by atoms with Crippen LogP contribution in [0.1, 0.15) is 28.1 Å². The SMILES string of the molecule is Cc1nc(C)c(CNC(C)Cc2ccc(F)cc2)s1. The van der Waals surface area contributed by atoms with Crippen molar-refractivity contribution in [3.05, 3.63) is 51.2 Å². The molecule has 1 atom stereocenters. The van der Waals surface area contributed by atoms with Gasteiger partial charge < -0.3 is 5.32 Å². The molecule has 19 heavy (non-hydrogen) atoms. The number of benzene rings is 1. The lowest BCUT2D eigenvalue weighted by Crippen LogP contribution is -2.27. The average Bonchev–Trinajstić information content (AvgIpc) is 2.68. The van der Waals surface area contributed by atoms with Gasteiger partial charge in [0.2, 0.25) is 0 Å². The highest BCUT2D eigenvalue weighted by Gasteiger charge is 2.07. The summed E-state index contributed by atoms with van der Waals surface area (Å²) < 4.78 is 12.8. The fourth-order valence-corrected chi connectivity index (χ4v) is 2.94. The Morgan fingerprint density at radius 1 is 1.26 bits per heavy atom. The first-order chi connectivity index (χ1) is 9.04. The zero-order valence-corrected chi connectivity index (χ0v) is 12.4. The standard InChI is InChI=1S/C15H19FN2S/c1-10(8-13-4-6-14(16)7-5-13)17-9-15-11(2)18-12(3)19-15/h4-7,10,17H,8-9H2,1-3H3. The van der Waals surface area contributed by atoms with Crippen LogP contribution in [0.2, 0.25) is 0 Å². The predicted molar refractivity (Wildman–Crippen MR) is 78.0 cm³/mol. The molecule has 2 aromatic rings. The topological polar surface area (TPSA) is 24.9 Å². The first kappa shape index (κ1) is 14.2. The van der Waals surface area contributed by atoms with Gasteiger partial charge in [0, 0.05) is 17.5 Å². The molecule has 4 heteroatoms. The van der Waals surface area contributed by atoms with Crippen LogP contribution in [0.3, 0.4) is 0 Å². The molecule has 0 radical (unpaired) electrons. The van der Waals surface area contributed by atoms with Crippen LogP contribution in [-0.4, -0.2) is 11.0 Å². The van der Waals surface area contributed by atoms with Crippen molar-refractivity contribution in [1.82, 2.24) is 10.3 Å². The second-order valence-electron chi connectivity index (χ2n) is 4.85. The molecule has 1 aromatic carbocycles. The van der Waals surface area contributed by atoms with Crippen molar-refractivity contribution in [3.8, 4) is 0 Å². The Morgan fingerprint density at radius 3 is 2.53 bits per heavy atom. The third-order valence-corrected chi connectivity index (χ3v) is 4.14. The van der Waals surface area contributed by atoms with Gasteiger partial charge in [-0.2, -0.15) is 0 Å². The Labute approximate surface area is 117 Å². The number of nitrogens with zero attached hydrogens (tertiary/aromatic N) is 1. The highest BCUT2D eigenvalue weighted by atomic mass is 32.1. The third-order valence-electron chi connectivity index (χ3n) is 3.07. The molecule has 102 valence electrons. The van der Waals surface area contributed by atoms with Gasteiger partial charge in [0.1, 0.15) is 5.82 Å². The smallest absolute Gasteiger partial charge is 0.123 e. The molecule has 0 saturated carbocycles. The lowest BCUT2D eigenvalue weighted by molar-refractivity contribution is 0.546. The van der Waals surface area contributed by atoms with Gasteiger partial charge in [0.15, 0.2) is 0 Å². The molecule has 0 spiro atoms. The van der Waals surface area contributed by atoms with Gasteiger partial charge in [-0.1, -0.05) is 12.1 Å². The van der Waals surface area contributed by atoms with E-state index in [0.717, 1.165) is 29.2 Å². The zero-order valence-electron chi connectivity index (χ0n) is 11.5. The van der Waals surface area contributed by atoms with Crippen molar-refractivity contribution < 1.29 is 4.39 Å². The second kappa shape index (κ2) is 6.26. The third kappa shape index (κ3) is 4.11. The molecule has 1 unspecified atom stereocenters. The van der Waals surface area contributed by atoms with Crippen molar-refractivity contribution in [1.29, 1.82) is 0 Å². The number of aromatic nitrogens is 1. The van der Waals surface area contributed by atoms with Crippen LogP contribution in [-0.2, 0) is 13.0 Å². The molecule has 0 aliphatic carbocycles. The predicted octanol–water partition coefficient (Wildman–Crippen LogP) is 3.62. The van der Waals surface area contributed by atoms with E-state index >= 15 is 0 Å². The minimum Gasteiger partial charge on any atom is -0.309 e. The van der Waals surface area contributed by atoms with Crippen molar-refractivity contribution in [2.75, 3.05) is 0 Å². The van der Waals surface area contributed by atoms with Crippen molar-refractivity contribution in [2.24, 2.45) is 0 Å². The molecule has 0 fully saturated rings. The Morgan fingerprint density at radius 2 is 1.95 bits per heavy atom. The summed E-state index contributed by atoms with van der Waals surface area (Å²) in [6.07, 6.45) is 0.900. The largest absolute Gasteiger partial charge is 0.309 e. The maximum absolute atomic E-state index is 12.8. The minimum atomic E-state index is -0.180. The number of hydrogen-bond acceptors (Lipinski definition) is 3. The second-order valence-corrected chi connectivity index (χ2v) is 6.14. The fourth-order valence-electron chi connectivity index (χ4n) is 2.05. The summed E-state index contributed by atoms with van der Waals surface area (Å²) in [6, 6.07) is 7.06. The molecular weight excluding hydrogens is 259 g/mol. The van der Waals surface area contributed by atoms with E-state index in [1.54, 1.807) is 11.3 Å². The number of aryl methyl sites for hydroxylation is 2. The summed E-state index contributed by atoms with van der Waals surface area (Å²) in [7, 11) is 0. The Bertz CT molecular complexity index is 534. The Kier molecular flexibility index (Phi) is 4.66.